The largest absolute Gasteiger partial charge is 0.311 e. The summed E-state index contributed by atoms with van der Waals surface area (Å²) in [4.78, 5) is 18.0. The molecule has 0 aliphatic carbocycles. The molecule has 0 amide bonds. The Morgan fingerprint density at radius 1 is 0.327 bits per heavy atom. The fourth-order valence-electron chi connectivity index (χ4n) is 7.59. The average Bonchev–Trinajstić information content (AvgIpc) is 3.27. The first-order chi connectivity index (χ1) is 27.3. The Morgan fingerprint density at radius 3 is 1.45 bits per heavy atom. The van der Waals surface area contributed by atoms with Crippen LogP contribution < -0.4 is 4.90 Å². The third-order valence-corrected chi connectivity index (χ3v) is 10.2. The SMILES string of the molecule is c1ccc(-c2cc(-c3ccccc3)nc(-c3ccc4c(c3)nc(-c3ccc(N(c5ccccc5)c5ccccc5)cc3)c3ccc5ccccc5c34)n2)cc1. The minimum Gasteiger partial charge on any atom is -0.311 e. The van der Waals surface area contributed by atoms with Gasteiger partial charge in [0, 0.05) is 55.5 Å². The molecular weight excluding hydrogens is 669 g/mol. The van der Waals surface area contributed by atoms with Crippen LogP contribution in [0.2, 0.25) is 0 Å². The number of pyridine rings is 1. The summed E-state index contributed by atoms with van der Waals surface area (Å²) >= 11 is 0. The van der Waals surface area contributed by atoms with Gasteiger partial charge in [-0.25, -0.2) is 15.0 Å². The van der Waals surface area contributed by atoms with Crippen LogP contribution in [-0.2, 0) is 0 Å². The Balaban J connectivity index is 1.15. The summed E-state index contributed by atoms with van der Waals surface area (Å²) in [6, 6.07) is 72.0. The van der Waals surface area contributed by atoms with Gasteiger partial charge in [0.2, 0.25) is 0 Å². The van der Waals surface area contributed by atoms with Crippen LogP contribution in [0.15, 0.2) is 206 Å². The van der Waals surface area contributed by atoms with Crippen LogP contribution in [-0.4, -0.2) is 15.0 Å². The monoisotopic (exact) mass is 702 g/mol. The number of hydrogen-bond donors (Lipinski definition) is 0. The third-order valence-electron chi connectivity index (χ3n) is 10.2. The van der Waals surface area contributed by atoms with Gasteiger partial charge >= 0.3 is 0 Å². The summed E-state index contributed by atoms with van der Waals surface area (Å²) in [6.45, 7) is 0. The van der Waals surface area contributed by atoms with Crippen molar-refractivity contribution in [3.63, 3.8) is 0 Å². The van der Waals surface area contributed by atoms with Crippen molar-refractivity contribution in [2.45, 2.75) is 0 Å². The highest BCUT2D eigenvalue weighted by Gasteiger charge is 2.18. The Morgan fingerprint density at radius 2 is 0.836 bits per heavy atom. The molecule has 2 heterocycles. The van der Waals surface area contributed by atoms with E-state index in [2.05, 4.69) is 175 Å². The number of hydrogen-bond acceptors (Lipinski definition) is 4. The molecule has 0 radical (unpaired) electrons. The first-order valence-electron chi connectivity index (χ1n) is 18.5. The van der Waals surface area contributed by atoms with Crippen LogP contribution in [0.4, 0.5) is 17.1 Å². The predicted molar refractivity (Wildman–Crippen MR) is 229 cm³/mol. The quantitative estimate of drug-likeness (QED) is 0.155. The Bertz CT molecular complexity index is 2850. The molecular formula is C51H34N4. The highest BCUT2D eigenvalue weighted by molar-refractivity contribution is 6.22. The van der Waals surface area contributed by atoms with Crippen molar-refractivity contribution in [1.29, 1.82) is 0 Å². The maximum atomic E-state index is 5.45. The maximum Gasteiger partial charge on any atom is 0.160 e. The summed E-state index contributed by atoms with van der Waals surface area (Å²) in [7, 11) is 0. The molecule has 0 N–H and O–H groups in total. The minimum atomic E-state index is 0.662. The van der Waals surface area contributed by atoms with Gasteiger partial charge in [-0.05, 0) is 59.3 Å². The molecule has 0 spiro atoms. The van der Waals surface area contributed by atoms with E-state index in [1.165, 1.54) is 16.2 Å². The number of nitrogens with zero attached hydrogens (tertiary/aromatic N) is 4. The van der Waals surface area contributed by atoms with Crippen molar-refractivity contribution in [3.8, 4) is 45.2 Å². The number of rotatable bonds is 7. The molecule has 0 atom stereocenters. The molecule has 0 saturated heterocycles. The minimum absolute atomic E-state index is 0.662. The highest BCUT2D eigenvalue weighted by atomic mass is 15.1. The zero-order valence-electron chi connectivity index (χ0n) is 29.9. The van der Waals surface area contributed by atoms with Gasteiger partial charge in [-0.15, -0.1) is 0 Å². The van der Waals surface area contributed by atoms with Crippen LogP contribution in [0, 0.1) is 0 Å². The lowest BCUT2D eigenvalue weighted by Crippen LogP contribution is -2.09. The van der Waals surface area contributed by atoms with Crippen molar-refractivity contribution in [2.75, 3.05) is 4.90 Å². The topological polar surface area (TPSA) is 41.9 Å². The lowest BCUT2D eigenvalue weighted by atomic mass is 9.94. The fourth-order valence-corrected chi connectivity index (χ4v) is 7.59. The molecule has 0 unspecified atom stereocenters. The van der Waals surface area contributed by atoms with E-state index in [-0.39, 0.29) is 0 Å². The zero-order valence-corrected chi connectivity index (χ0v) is 29.9. The number of para-hydroxylation sites is 2. The Hall–Kier alpha value is -7.43. The smallest absolute Gasteiger partial charge is 0.160 e. The van der Waals surface area contributed by atoms with E-state index >= 15 is 0 Å². The molecule has 8 aromatic carbocycles. The highest BCUT2D eigenvalue weighted by Crippen LogP contribution is 2.40. The summed E-state index contributed by atoms with van der Waals surface area (Å²) < 4.78 is 0. The number of aromatic nitrogens is 3. The molecule has 4 heteroatoms. The summed E-state index contributed by atoms with van der Waals surface area (Å²) in [5.41, 5.74) is 10.9. The molecule has 258 valence electrons. The van der Waals surface area contributed by atoms with Gasteiger partial charge in [-0.2, -0.15) is 0 Å². The van der Waals surface area contributed by atoms with Crippen LogP contribution in [0.1, 0.15) is 0 Å². The van der Waals surface area contributed by atoms with E-state index in [1.54, 1.807) is 0 Å². The van der Waals surface area contributed by atoms with E-state index in [9.17, 15) is 0 Å². The van der Waals surface area contributed by atoms with E-state index in [4.69, 9.17) is 15.0 Å². The predicted octanol–water partition coefficient (Wildman–Crippen LogP) is 13.5. The second-order valence-electron chi connectivity index (χ2n) is 13.6. The molecule has 55 heavy (non-hydrogen) atoms. The van der Waals surface area contributed by atoms with Crippen LogP contribution >= 0.6 is 0 Å². The lowest BCUT2D eigenvalue weighted by molar-refractivity contribution is 1.18. The molecule has 4 nitrogen and oxygen atoms in total. The molecule has 10 rings (SSSR count). The van der Waals surface area contributed by atoms with Crippen LogP contribution in [0.25, 0.3) is 77.6 Å². The standard InChI is InChI=1S/C51H34N4/c1-5-16-36(17-6-1)46-34-47(37-18-7-2-8-19-37)54-51(53-46)39-28-31-44-48(33-39)52-50(45-32-27-35-15-13-14-24-43(35)49(44)45)38-25-29-42(30-26-38)55(40-20-9-3-10-21-40)41-22-11-4-12-23-41/h1-34H. The maximum absolute atomic E-state index is 5.45. The van der Waals surface area contributed by atoms with Gasteiger partial charge in [0.25, 0.3) is 0 Å². The van der Waals surface area contributed by atoms with Crippen molar-refractivity contribution < 1.29 is 0 Å². The van der Waals surface area contributed by atoms with Crippen LogP contribution in [0.3, 0.4) is 0 Å². The second kappa shape index (κ2) is 13.8. The van der Waals surface area contributed by atoms with Crippen LogP contribution in [0.5, 0.6) is 0 Å². The fraction of sp³-hybridized carbons (Fsp3) is 0. The van der Waals surface area contributed by atoms with E-state index in [0.29, 0.717) is 5.82 Å². The van der Waals surface area contributed by atoms with Crippen molar-refractivity contribution in [1.82, 2.24) is 15.0 Å². The summed E-state index contributed by atoms with van der Waals surface area (Å²) in [5.74, 6) is 0.662. The molecule has 0 fully saturated rings. The van der Waals surface area contributed by atoms with Gasteiger partial charge in [0.1, 0.15) is 0 Å². The molecule has 0 bridgehead atoms. The van der Waals surface area contributed by atoms with E-state index < -0.39 is 0 Å². The van der Waals surface area contributed by atoms with E-state index in [0.717, 1.165) is 72.7 Å². The van der Waals surface area contributed by atoms with E-state index in [1.807, 2.05) is 36.4 Å². The first-order valence-corrected chi connectivity index (χ1v) is 18.5. The van der Waals surface area contributed by atoms with Gasteiger partial charge in [-0.1, -0.05) is 158 Å². The second-order valence-corrected chi connectivity index (χ2v) is 13.6. The van der Waals surface area contributed by atoms with Gasteiger partial charge in [0.05, 0.1) is 22.6 Å². The van der Waals surface area contributed by atoms with Crippen molar-refractivity contribution in [3.05, 3.63) is 206 Å². The Labute approximate surface area is 319 Å². The van der Waals surface area contributed by atoms with Crippen molar-refractivity contribution >= 4 is 49.5 Å². The normalized spacial score (nSPS) is 11.3. The van der Waals surface area contributed by atoms with Gasteiger partial charge in [0.15, 0.2) is 5.82 Å². The number of anilines is 3. The summed E-state index contributed by atoms with van der Waals surface area (Å²) in [6.07, 6.45) is 0. The van der Waals surface area contributed by atoms with Gasteiger partial charge < -0.3 is 4.90 Å². The average molecular weight is 703 g/mol. The lowest BCUT2D eigenvalue weighted by Gasteiger charge is -2.25. The Kier molecular flexibility index (Phi) is 8.12. The molecule has 0 saturated carbocycles. The zero-order chi connectivity index (χ0) is 36.6. The molecule has 2 aromatic heterocycles. The molecule has 0 aliphatic heterocycles. The molecule has 10 aromatic rings. The third kappa shape index (κ3) is 6.06. The first kappa shape index (κ1) is 32.2. The summed E-state index contributed by atoms with van der Waals surface area (Å²) in [5, 5.41) is 5.79. The number of fused-ring (bicyclic) bond motifs is 5. The number of benzene rings is 8. The van der Waals surface area contributed by atoms with Crippen molar-refractivity contribution in [2.24, 2.45) is 0 Å². The molecule has 0 aliphatic rings. The van der Waals surface area contributed by atoms with Gasteiger partial charge in [-0.3, -0.25) is 0 Å².